The van der Waals surface area contributed by atoms with E-state index in [9.17, 15) is 5.26 Å². The predicted molar refractivity (Wildman–Crippen MR) is 251 cm³/mol. The maximum absolute atomic E-state index is 9.75. The van der Waals surface area contributed by atoms with Crippen LogP contribution in [-0.4, -0.2) is 17.2 Å². The number of rotatable bonds is 6. The number of nitrogens with zero attached hydrogens (tertiary/aromatic N) is 3. The highest BCUT2D eigenvalue weighted by Crippen LogP contribution is 2.40. The minimum absolute atomic E-state index is 0.660. The van der Waals surface area contributed by atoms with E-state index in [4.69, 9.17) is 4.42 Å². The van der Waals surface area contributed by atoms with Crippen molar-refractivity contribution in [1.29, 1.82) is 5.26 Å². The first-order valence-electron chi connectivity index (χ1n) is 20.3. The topological polar surface area (TPSA) is 46.8 Å². The number of hydrogen-bond acceptors (Lipinski definition) is 2. The molecule has 0 N–H and O–H groups in total. The maximum atomic E-state index is 9.75. The lowest BCUT2D eigenvalue weighted by atomic mass is 10.1. The Morgan fingerprint density at radius 2 is 0.950 bits per heavy atom. The molecule has 9 aromatic carbocycles. The summed E-state index contributed by atoms with van der Waals surface area (Å²) in [6.45, 7) is 0. The van der Waals surface area contributed by atoms with Gasteiger partial charge >= 0.3 is 0 Å². The number of aromatic nitrogens is 2. The smallest absolute Gasteiger partial charge is 0.179 e. The van der Waals surface area contributed by atoms with Crippen molar-refractivity contribution in [2.75, 3.05) is 0 Å². The van der Waals surface area contributed by atoms with Crippen LogP contribution >= 0.6 is 0 Å². The van der Waals surface area contributed by atoms with Crippen molar-refractivity contribution in [2.24, 2.45) is 0 Å². The maximum Gasteiger partial charge on any atom is 0.179 e. The predicted octanol–water partition coefficient (Wildman–Crippen LogP) is 11.0. The van der Waals surface area contributed by atoms with Gasteiger partial charge in [0.25, 0.3) is 0 Å². The van der Waals surface area contributed by atoms with E-state index in [0.29, 0.717) is 5.56 Å². The van der Waals surface area contributed by atoms with Crippen LogP contribution in [0.5, 0.6) is 0 Å². The Morgan fingerprint density at radius 1 is 0.383 bits per heavy atom. The lowest BCUT2D eigenvalue weighted by molar-refractivity contribution is 0.673. The fraction of sp³-hybridized carbons (Fsp3) is 0. The Bertz CT molecular complexity index is 3630. The number of benzene rings is 9. The Kier molecular flexibility index (Phi) is 7.58. The fourth-order valence-corrected chi connectivity index (χ4v) is 14.7. The Hall–Kier alpha value is -7.91. The summed E-state index contributed by atoms with van der Waals surface area (Å²) in [4.78, 5) is 0. The van der Waals surface area contributed by atoms with Gasteiger partial charge in [0, 0.05) is 38.3 Å². The molecule has 0 radical (unpaired) electrons. The van der Waals surface area contributed by atoms with E-state index < -0.39 is 8.07 Å². The number of nitriles is 1. The zero-order valence-electron chi connectivity index (χ0n) is 32.5. The molecule has 0 aliphatic rings. The standard InChI is InChI=1S/C55H35N3OSi/c56-36-37-26-32-51-48(34-37)44-20-7-10-23-49(44)57(51)38-27-29-42(30-28-38)60(40-15-3-1-4-16-40,41-17-5-2-6-18-41)43-19-13-14-39(35-43)58-50-24-11-8-22-47(50)54-52(58)33-31-46-45-21-9-12-25-53(45)59-55(46)54/h1-35H. The second-order valence-corrected chi connectivity index (χ2v) is 19.4. The van der Waals surface area contributed by atoms with E-state index in [1.165, 1.54) is 26.1 Å². The second-order valence-electron chi connectivity index (χ2n) is 15.6. The number of furan rings is 1. The zero-order chi connectivity index (χ0) is 39.8. The van der Waals surface area contributed by atoms with Gasteiger partial charge in [-0.05, 0) is 93.5 Å². The summed E-state index contributed by atoms with van der Waals surface area (Å²) in [6.07, 6.45) is 0. The van der Waals surface area contributed by atoms with Gasteiger partial charge in [0.05, 0.1) is 39.1 Å². The lowest BCUT2D eigenvalue weighted by Gasteiger charge is -2.35. The number of hydrogen-bond donors (Lipinski definition) is 0. The molecule has 0 spiro atoms. The van der Waals surface area contributed by atoms with Crippen LogP contribution in [0.4, 0.5) is 0 Å². The van der Waals surface area contributed by atoms with E-state index in [2.05, 4.69) is 209 Å². The summed E-state index contributed by atoms with van der Waals surface area (Å²) in [6, 6.07) is 79.1. The molecule has 0 saturated heterocycles. The number of para-hydroxylation sites is 3. The van der Waals surface area contributed by atoms with E-state index in [1.54, 1.807) is 0 Å². The molecule has 12 aromatic rings. The van der Waals surface area contributed by atoms with Gasteiger partial charge in [-0.2, -0.15) is 5.26 Å². The van der Waals surface area contributed by atoms with Crippen LogP contribution in [0, 0.1) is 11.3 Å². The third kappa shape index (κ3) is 4.89. The second kappa shape index (κ2) is 13.3. The van der Waals surface area contributed by atoms with Gasteiger partial charge in [-0.3, -0.25) is 0 Å². The lowest BCUT2D eigenvalue weighted by Crippen LogP contribution is -2.74. The van der Waals surface area contributed by atoms with Crippen molar-refractivity contribution in [2.45, 2.75) is 0 Å². The monoisotopic (exact) mass is 781 g/mol. The quantitative estimate of drug-likeness (QED) is 0.125. The van der Waals surface area contributed by atoms with Gasteiger partial charge in [0.15, 0.2) is 8.07 Å². The normalized spacial score (nSPS) is 12.0. The molecular formula is C55H35N3OSi. The molecule has 280 valence electrons. The van der Waals surface area contributed by atoms with Crippen molar-refractivity contribution in [3.05, 3.63) is 218 Å². The first-order valence-corrected chi connectivity index (χ1v) is 22.3. The average Bonchev–Trinajstić information content (AvgIpc) is 3.98. The highest BCUT2D eigenvalue weighted by Gasteiger charge is 2.41. The highest BCUT2D eigenvalue weighted by atomic mass is 28.3. The summed E-state index contributed by atoms with van der Waals surface area (Å²) >= 11 is 0. The van der Waals surface area contributed by atoms with Gasteiger partial charge in [0.1, 0.15) is 11.2 Å². The SMILES string of the molecule is N#Cc1ccc2c(c1)c1ccccc1n2-c1ccc([Si](c2ccccc2)(c2ccccc2)c2cccc(-n3c4ccccc4c4c5oc6ccccc6c5ccc43)c2)cc1. The molecule has 0 amide bonds. The summed E-state index contributed by atoms with van der Waals surface area (Å²) in [5.74, 6) is 0. The summed E-state index contributed by atoms with van der Waals surface area (Å²) in [5.41, 5.74) is 9.12. The van der Waals surface area contributed by atoms with E-state index in [1.807, 2.05) is 18.2 Å². The molecule has 0 bridgehead atoms. The molecular weight excluding hydrogens is 747 g/mol. The van der Waals surface area contributed by atoms with Gasteiger partial charge in [0.2, 0.25) is 0 Å². The fourth-order valence-electron chi connectivity index (χ4n) is 9.95. The van der Waals surface area contributed by atoms with Crippen molar-refractivity contribution < 1.29 is 4.42 Å². The summed E-state index contributed by atoms with van der Waals surface area (Å²) in [7, 11) is -2.95. The van der Waals surface area contributed by atoms with Crippen LogP contribution < -0.4 is 20.7 Å². The first-order chi connectivity index (χ1) is 29.7. The van der Waals surface area contributed by atoms with Crippen molar-refractivity contribution in [3.8, 4) is 17.4 Å². The first kappa shape index (κ1) is 34.2. The largest absolute Gasteiger partial charge is 0.455 e. The minimum atomic E-state index is -2.95. The van der Waals surface area contributed by atoms with Crippen LogP contribution in [0.1, 0.15) is 5.56 Å². The van der Waals surface area contributed by atoms with Gasteiger partial charge in [-0.15, -0.1) is 0 Å². The molecule has 0 saturated carbocycles. The molecule has 0 atom stereocenters. The van der Waals surface area contributed by atoms with Crippen LogP contribution in [0.25, 0.3) is 76.9 Å². The molecule has 0 aliphatic heterocycles. The van der Waals surface area contributed by atoms with Crippen LogP contribution in [0.3, 0.4) is 0 Å². The molecule has 4 nitrogen and oxygen atoms in total. The molecule has 0 unspecified atom stereocenters. The van der Waals surface area contributed by atoms with Crippen LogP contribution in [0.2, 0.25) is 0 Å². The molecule has 0 fully saturated rings. The molecule has 60 heavy (non-hydrogen) atoms. The van der Waals surface area contributed by atoms with Crippen LogP contribution in [-0.2, 0) is 0 Å². The Balaban J connectivity index is 1.10. The van der Waals surface area contributed by atoms with E-state index in [-0.39, 0.29) is 0 Å². The van der Waals surface area contributed by atoms with Crippen molar-refractivity contribution >= 4 is 94.4 Å². The van der Waals surface area contributed by atoms with E-state index >= 15 is 0 Å². The number of fused-ring (bicyclic) bond motifs is 10. The summed E-state index contributed by atoms with van der Waals surface area (Å²) < 4.78 is 11.4. The minimum Gasteiger partial charge on any atom is -0.455 e. The molecule has 3 aromatic heterocycles. The average molecular weight is 782 g/mol. The third-order valence-corrected chi connectivity index (χ3v) is 17.3. The van der Waals surface area contributed by atoms with Gasteiger partial charge < -0.3 is 13.6 Å². The molecule has 5 heteroatoms. The third-order valence-electron chi connectivity index (χ3n) is 12.5. The highest BCUT2D eigenvalue weighted by molar-refractivity contribution is 7.19. The van der Waals surface area contributed by atoms with Crippen LogP contribution in [0.15, 0.2) is 217 Å². The van der Waals surface area contributed by atoms with E-state index in [0.717, 1.165) is 71.5 Å². The van der Waals surface area contributed by atoms with Gasteiger partial charge in [-0.25, -0.2) is 0 Å². The Morgan fingerprint density at radius 3 is 1.68 bits per heavy atom. The molecule has 3 heterocycles. The zero-order valence-corrected chi connectivity index (χ0v) is 33.5. The summed E-state index contributed by atoms with van der Waals surface area (Å²) in [5, 5.41) is 21.7. The van der Waals surface area contributed by atoms with Crippen molar-refractivity contribution in [3.63, 3.8) is 0 Å². The molecule has 0 aliphatic carbocycles. The molecule has 12 rings (SSSR count). The Labute approximate surface area is 347 Å². The van der Waals surface area contributed by atoms with Gasteiger partial charge in [-0.1, -0.05) is 140 Å². The van der Waals surface area contributed by atoms with Crippen molar-refractivity contribution in [1.82, 2.24) is 9.13 Å².